The minimum atomic E-state index is -0.955. The highest BCUT2D eigenvalue weighted by Crippen LogP contribution is 2.56. The number of hydrogen-bond donors (Lipinski definition) is 0. The van der Waals surface area contributed by atoms with Gasteiger partial charge in [0.15, 0.2) is 6.10 Å². The van der Waals surface area contributed by atoms with Crippen LogP contribution in [-0.4, -0.2) is 29.7 Å². The van der Waals surface area contributed by atoms with Gasteiger partial charge in [-0.3, -0.25) is 19.3 Å². The van der Waals surface area contributed by atoms with Crippen molar-refractivity contribution in [1.82, 2.24) is 0 Å². The molecule has 5 rings (SSSR count). The average Bonchev–Trinajstić information content (AvgIpc) is 3.47. The van der Waals surface area contributed by atoms with E-state index in [2.05, 4.69) is 0 Å². The van der Waals surface area contributed by atoms with Crippen molar-refractivity contribution in [1.29, 1.82) is 0 Å². The lowest BCUT2D eigenvalue weighted by Gasteiger charge is -2.19. The fourth-order valence-electron chi connectivity index (χ4n) is 5.55. The summed E-state index contributed by atoms with van der Waals surface area (Å²) in [5.41, 5.74) is 1.05. The van der Waals surface area contributed by atoms with Gasteiger partial charge in [-0.05, 0) is 56.2 Å². The van der Waals surface area contributed by atoms with Gasteiger partial charge in [-0.15, -0.1) is 0 Å². The third kappa shape index (κ3) is 3.17. The standard InChI is InChI=1S/C25H23NO5/c1-14(22(27)15-6-3-2-4-7-15)31-25(30)18-8-5-9-19(13-18)26-23(28)20-16-10-11-17(12-16)21(20)24(26)29/h2-9,13-14,16-17,20-21H,10-12H2,1H3/t14-,16+,17+,20+,21+/m1/s1. The quantitative estimate of drug-likeness (QED) is 0.421. The van der Waals surface area contributed by atoms with Crippen LogP contribution in [0.1, 0.15) is 46.9 Å². The maximum absolute atomic E-state index is 13.0. The molecule has 6 heteroatoms. The van der Waals surface area contributed by atoms with Crippen molar-refractivity contribution in [3.63, 3.8) is 0 Å². The van der Waals surface area contributed by atoms with E-state index in [1.807, 2.05) is 0 Å². The number of ketones is 1. The number of esters is 1. The van der Waals surface area contributed by atoms with Crippen LogP contribution < -0.4 is 4.90 Å². The number of anilines is 1. The number of ether oxygens (including phenoxy) is 1. The maximum Gasteiger partial charge on any atom is 0.338 e. The molecule has 6 nitrogen and oxygen atoms in total. The van der Waals surface area contributed by atoms with Gasteiger partial charge in [0.2, 0.25) is 17.6 Å². The lowest BCUT2D eigenvalue weighted by Crippen LogP contribution is -2.33. The van der Waals surface area contributed by atoms with Crippen LogP contribution in [0.4, 0.5) is 5.69 Å². The number of fused-ring (bicyclic) bond motifs is 5. The second-order valence-corrected chi connectivity index (χ2v) is 8.72. The number of Topliss-reactive ketones (excluding diaryl/α,β-unsaturated/α-hetero) is 1. The summed E-state index contributed by atoms with van der Waals surface area (Å²) in [5, 5.41) is 0. The van der Waals surface area contributed by atoms with E-state index in [0.29, 0.717) is 23.1 Å². The van der Waals surface area contributed by atoms with Gasteiger partial charge in [-0.1, -0.05) is 36.4 Å². The maximum atomic E-state index is 13.0. The molecular formula is C25H23NO5. The summed E-state index contributed by atoms with van der Waals surface area (Å²) in [7, 11) is 0. The van der Waals surface area contributed by atoms with Crippen molar-refractivity contribution in [2.24, 2.45) is 23.7 Å². The fourth-order valence-corrected chi connectivity index (χ4v) is 5.55. The Hall–Kier alpha value is -3.28. The summed E-state index contributed by atoms with van der Waals surface area (Å²) >= 11 is 0. The summed E-state index contributed by atoms with van der Waals surface area (Å²) < 4.78 is 5.37. The predicted octanol–water partition coefficient (Wildman–Crippen LogP) is 3.65. The highest BCUT2D eigenvalue weighted by molar-refractivity contribution is 6.22. The van der Waals surface area contributed by atoms with Gasteiger partial charge < -0.3 is 4.74 Å². The second kappa shape index (κ2) is 7.45. The number of benzene rings is 2. The Bertz CT molecular complexity index is 1050. The van der Waals surface area contributed by atoms with E-state index in [0.717, 1.165) is 19.3 Å². The molecule has 2 aromatic rings. The minimum absolute atomic E-state index is 0.152. The monoisotopic (exact) mass is 417 g/mol. The first-order valence-corrected chi connectivity index (χ1v) is 10.7. The molecular weight excluding hydrogens is 394 g/mol. The lowest BCUT2D eigenvalue weighted by molar-refractivity contribution is -0.123. The van der Waals surface area contributed by atoms with Crippen LogP contribution in [0.15, 0.2) is 54.6 Å². The summed E-state index contributed by atoms with van der Waals surface area (Å²) in [6.07, 6.45) is 2.04. The molecule has 2 saturated carbocycles. The molecule has 158 valence electrons. The molecule has 2 aliphatic carbocycles. The van der Waals surface area contributed by atoms with E-state index >= 15 is 0 Å². The van der Waals surface area contributed by atoms with Gasteiger partial charge in [0, 0.05) is 5.56 Å². The average molecular weight is 417 g/mol. The summed E-state index contributed by atoms with van der Waals surface area (Å²) in [5.74, 6) is -1.10. The smallest absolute Gasteiger partial charge is 0.338 e. The molecule has 0 unspecified atom stereocenters. The minimum Gasteiger partial charge on any atom is -0.451 e. The van der Waals surface area contributed by atoms with Crippen LogP contribution in [0.3, 0.4) is 0 Å². The van der Waals surface area contributed by atoms with Crippen molar-refractivity contribution < 1.29 is 23.9 Å². The zero-order valence-corrected chi connectivity index (χ0v) is 17.2. The highest BCUT2D eigenvalue weighted by Gasteiger charge is 2.61. The lowest BCUT2D eigenvalue weighted by atomic mass is 9.81. The topological polar surface area (TPSA) is 80.8 Å². The molecule has 0 radical (unpaired) electrons. The Morgan fingerprint density at radius 2 is 1.52 bits per heavy atom. The van der Waals surface area contributed by atoms with Gasteiger partial charge in [-0.25, -0.2) is 4.79 Å². The number of imide groups is 1. The van der Waals surface area contributed by atoms with E-state index < -0.39 is 12.1 Å². The van der Waals surface area contributed by atoms with Crippen LogP contribution >= 0.6 is 0 Å². The van der Waals surface area contributed by atoms with E-state index in [1.165, 1.54) is 17.9 Å². The highest BCUT2D eigenvalue weighted by atomic mass is 16.5. The van der Waals surface area contributed by atoms with Gasteiger partial charge in [-0.2, -0.15) is 0 Å². The normalized spacial score (nSPS) is 27.3. The van der Waals surface area contributed by atoms with Crippen LogP contribution in [0.2, 0.25) is 0 Å². The molecule has 5 atom stereocenters. The molecule has 2 bridgehead atoms. The van der Waals surface area contributed by atoms with Gasteiger partial charge in [0.25, 0.3) is 0 Å². The first-order chi connectivity index (χ1) is 15.0. The molecule has 3 fully saturated rings. The summed E-state index contributed by atoms with van der Waals surface area (Å²) in [6.45, 7) is 1.53. The summed E-state index contributed by atoms with van der Waals surface area (Å²) in [6, 6.07) is 15.0. The molecule has 1 heterocycles. The first kappa shape index (κ1) is 19.7. The molecule has 2 aromatic carbocycles. The van der Waals surface area contributed by atoms with E-state index in [-0.39, 0.29) is 35.0 Å². The number of carbonyl (C=O) groups is 4. The van der Waals surface area contributed by atoms with Crippen molar-refractivity contribution in [3.8, 4) is 0 Å². The zero-order chi connectivity index (χ0) is 21.7. The van der Waals surface area contributed by atoms with Crippen molar-refractivity contribution >= 4 is 29.3 Å². The number of nitrogens with zero attached hydrogens (tertiary/aromatic N) is 1. The van der Waals surface area contributed by atoms with Gasteiger partial charge >= 0.3 is 5.97 Å². The Balaban J connectivity index is 1.34. The number of hydrogen-bond acceptors (Lipinski definition) is 5. The van der Waals surface area contributed by atoms with Crippen LogP contribution in [0, 0.1) is 23.7 Å². The number of amides is 2. The molecule has 0 spiro atoms. The molecule has 1 aliphatic heterocycles. The van der Waals surface area contributed by atoms with Crippen LogP contribution in [0.5, 0.6) is 0 Å². The molecule has 0 N–H and O–H groups in total. The van der Waals surface area contributed by atoms with E-state index in [1.54, 1.807) is 48.5 Å². The van der Waals surface area contributed by atoms with Crippen molar-refractivity contribution in [2.75, 3.05) is 4.90 Å². The number of carbonyl (C=O) groups excluding carboxylic acids is 4. The molecule has 31 heavy (non-hydrogen) atoms. The second-order valence-electron chi connectivity index (χ2n) is 8.72. The molecule has 2 amide bonds. The van der Waals surface area contributed by atoms with E-state index in [4.69, 9.17) is 4.74 Å². The third-order valence-electron chi connectivity index (χ3n) is 6.98. The van der Waals surface area contributed by atoms with Crippen LogP contribution in [-0.2, 0) is 14.3 Å². The van der Waals surface area contributed by atoms with Crippen molar-refractivity contribution in [3.05, 3.63) is 65.7 Å². The Labute approximate surface area is 180 Å². The van der Waals surface area contributed by atoms with Crippen molar-refractivity contribution in [2.45, 2.75) is 32.3 Å². The van der Waals surface area contributed by atoms with Gasteiger partial charge in [0.1, 0.15) is 0 Å². The Morgan fingerprint density at radius 1 is 0.903 bits per heavy atom. The predicted molar refractivity (Wildman–Crippen MR) is 112 cm³/mol. The number of rotatable bonds is 5. The van der Waals surface area contributed by atoms with Gasteiger partial charge in [0.05, 0.1) is 23.1 Å². The zero-order valence-electron chi connectivity index (χ0n) is 17.2. The SMILES string of the molecule is C[C@@H](OC(=O)c1cccc(N2C(=O)[C@H]3[C@H]4CC[C@@H](C4)[C@@H]3C2=O)c1)C(=O)c1ccccc1. The summed E-state index contributed by atoms with van der Waals surface area (Å²) in [4.78, 5) is 52.5. The molecule has 0 aromatic heterocycles. The first-order valence-electron chi connectivity index (χ1n) is 10.7. The Morgan fingerprint density at radius 3 is 2.16 bits per heavy atom. The largest absolute Gasteiger partial charge is 0.451 e. The third-order valence-corrected chi connectivity index (χ3v) is 6.98. The Kier molecular flexibility index (Phi) is 4.73. The molecule has 1 saturated heterocycles. The van der Waals surface area contributed by atoms with E-state index in [9.17, 15) is 19.2 Å². The fraction of sp³-hybridized carbons (Fsp3) is 0.360. The van der Waals surface area contributed by atoms with Crippen LogP contribution in [0.25, 0.3) is 0 Å². The molecule has 3 aliphatic rings.